The fraction of sp³-hybridized carbons (Fsp3) is 0.429. The maximum absolute atomic E-state index is 5.57. The normalized spacial score (nSPS) is 11.2. The van der Waals surface area contributed by atoms with E-state index in [1.54, 1.807) is 0 Å². The maximum Gasteiger partial charge on any atom is 0.183 e. The van der Waals surface area contributed by atoms with Gasteiger partial charge in [-0.3, -0.25) is 0 Å². The van der Waals surface area contributed by atoms with Gasteiger partial charge < -0.3 is 14.0 Å². The first-order valence-electron chi connectivity index (χ1n) is 5.82. The third kappa shape index (κ3) is 6.09. The molecule has 0 aliphatic heterocycles. The van der Waals surface area contributed by atoms with Crippen LogP contribution in [0.3, 0.4) is 0 Å². The predicted octanol–water partition coefficient (Wildman–Crippen LogP) is 2.30. The van der Waals surface area contributed by atoms with Gasteiger partial charge in [-0.1, -0.05) is 24.8 Å². The van der Waals surface area contributed by atoms with Gasteiger partial charge in [-0.25, -0.2) is 0 Å². The highest BCUT2D eigenvalue weighted by Gasteiger charge is 2.11. The second kappa shape index (κ2) is 7.09. The molecule has 0 spiro atoms. The molecule has 0 aliphatic rings. The zero-order chi connectivity index (χ0) is 12.6. The van der Waals surface area contributed by atoms with Crippen LogP contribution in [0.1, 0.15) is 0 Å². The van der Waals surface area contributed by atoms with Gasteiger partial charge in [0.1, 0.15) is 12.4 Å². The molecule has 3 heteroatoms. The topological polar surface area (TPSA) is 18.5 Å². The van der Waals surface area contributed by atoms with E-state index in [9.17, 15) is 0 Å². The molecule has 1 aromatic rings. The molecule has 1 aromatic carbocycles. The van der Waals surface area contributed by atoms with Gasteiger partial charge in [-0.15, -0.1) is 0 Å². The summed E-state index contributed by atoms with van der Waals surface area (Å²) in [5.74, 6) is 0.885. The predicted molar refractivity (Wildman–Crippen MR) is 69.9 cm³/mol. The lowest BCUT2D eigenvalue weighted by atomic mass is 10.3. The first-order chi connectivity index (χ1) is 8.14. The molecule has 0 N–H and O–H groups in total. The molecular formula is C14H22NO2+. The number of hydrogen-bond donors (Lipinski definition) is 0. The van der Waals surface area contributed by atoms with Crippen molar-refractivity contribution in [1.82, 2.24) is 0 Å². The molecule has 0 aromatic heterocycles. The zero-order valence-corrected chi connectivity index (χ0v) is 10.8. The molecule has 0 saturated carbocycles. The molecular weight excluding hydrogens is 214 g/mol. The van der Waals surface area contributed by atoms with Gasteiger partial charge in [-0.05, 0) is 18.2 Å². The molecule has 1 rings (SSSR count). The van der Waals surface area contributed by atoms with Crippen molar-refractivity contribution in [3.8, 4) is 5.75 Å². The smallest absolute Gasteiger partial charge is 0.183 e. The maximum atomic E-state index is 5.57. The monoisotopic (exact) mass is 236 g/mol. The van der Waals surface area contributed by atoms with Crippen LogP contribution < -0.4 is 4.74 Å². The second-order valence-corrected chi connectivity index (χ2v) is 4.61. The first kappa shape index (κ1) is 13.7. The second-order valence-electron chi connectivity index (χ2n) is 4.61. The van der Waals surface area contributed by atoms with E-state index in [-0.39, 0.29) is 0 Å². The third-order valence-corrected chi connectivity index (χ3v) is 2.30. The number of benzene rings is 1. The van der Waals surface area contributed by atoms with Crippen LogP contribution in [0.5, 0.6) is 5.75 Å². The molecule has 0 heterocycles. The number of hydrogen-bond acceptors (Lipinski definition) is 2. The summed E-state index contributed by atoms with van der Waals surface area (Å²) in [4.78, 5) is 0. The zero-order valence-electron chi connectivity index (χ0n) is 10.8. The molecule has 0 aliphatic carbocycles. The summed E-state index contributed by atoms with van der Waals surface area (Å²) in [6.07, 6.45) is 1.91. The molecule has 0 amide bonds. The Morgan fingerprint density at radius 3 is 2.53 bits per heavy atom. The van der Waals surface area contributed by atoms with Gasteiger partial charge in [-0.2, -0.15) is 0 Å². The lowest BCUT2D eigenvalue weighted by Crippen LogP contribution is -2.41. The highest BCUT2D eigenvalue weighted by atomic mass is 16.5. The molecule has 0 atom stereocenters. The fourth-order valence-corrected chi connectivity index (χ4v) is 1.45. The average Bonchev–Trinajstić information content (AvgIpc) is 2.30. The molecule has 17 heavy (non-hydrogen) atoms. The minimum absolute atomic E-state index is 0.581. The number of rotatable bonds is 8. The SMILES string of the molecule is C=CC[N+](C)(C)COCCOc1ccccc1. The molecule has 0 unspecified atom stereocenters. The number of quaternary nitrogens is 1. The Kier molecular flexibility index (Phi) is 5.73. The van der Waals surface area contributed by atoms with Gasteiger partial charge >= 0.3 is 0 Å². The van der Waals surface area contributed by atoms with Gasteiger partial charge in [0, 0.05) is 0 Å². The van der Waals surface area contributed by atoms with Gasteiger partial charge in [0.25, 0.3) is 0 Å². The summed E-state index contributed by atoms with van der Waals surface area (Å²) in [6, 6.07) is 9.77. The Morgan fingerprint density at radius 1 is 1.18 bits per heavy atom. The minimum atomic E-state index is 0.581. The van der Waals surface area contributed by atoms with E-state index in [0.29, 0.717) is 19.9 Å². The largest absolute Gasteiger partial charge is 0.491 e. The van der Waals surface area contributed by atoms with Gasteiger partial charge in [0.15, 0.2) is 6.73 Å². The van der Waals surface area contributed by atoms with Crippen LogP contribution >= 0.6 is 0 Å². The van der Waals surface area contributed by atoms with Crippen LogP contribution in [0.4, 0.5) is 0 Å². The van der Waals surface area contributed by atoms with E-state index in [0.717, 1.165) is 16.8 Å². The summed E-state index contributed by atoms with van der Waals surface area (Å²) in [6.45, 7) is 6.49. The third-order valence-electron chi connectivity index (χ3n) is 2.30. The van der Waals surface area contributed by atoms with Crippen molar-refractivity contribution >= 4 is 0 Å². The number of nitrogens with zero attached hydrogens (tertiary/aromatic N) is 1. The van der Waals surface area contributed by atoms with Crippen molar-refractivity contribution in [1.29, 1.82) is 0 Å². The lowest BCUT2D eigenvalue weighted by molar-refractivity contribution is -0.904. The summed E-state index contributed by atoms with van der Waals surface area (Å²) in [5.41, 5.74) is 0. The van der Waals surface area contributed by atoms with Crippen molar-refractivity contribution in [2.75, 3.05) is 40.6 Å². The van der Waals surface area contributed by atoms with E-state index in [1.807, 2.05) is 36.4 Å². The van der Waals surface area contributed by atoms with Crippen LogP contribution in [0, 0.1) is 0 Å². The van der Waals surface area contributed by atoms with Crippen molar-refractivity contribution in [3.63, 3.8) is 0 Å². The lowest BCUT2D eigenvalue weighted by Gasteiger charge is -2.27. The van der Waals surface area contributed by atoms with E-state index < -0.39 is 0 Å². The first-order valence-corrected chi connectivity index (χ1v) is 5.82. The molecule has 0 saturated heterocycles. The van der Waals surface area contributed by atoms with Crippen molar-refractivity contribution < 1.29 is 14.0 Å². The van der Waals surface area contributed by atoms with Crippen LogP contribution in [0.15, 0.2) is 43.0 Å². The van der Waals surface area contributed by atoms with E-state index >= 15 is 0 Å². The van der Waals surface area contributed by atoms with E-state index in [1.165, 1.54) is 0 Å². The van der Waals surface area contributed by atoms with E-state index in [2.05, 4.69) is 20.7 Å². The highest BCUT2D eigenvalue weighted by molar-refractivity contribution is 5.20. The molecule has 94 valence electrons. The number of ether oxygens (including phenoxy) is 2. The Morgan fingerprint density at radius 2 is 1.88 bits per heavy atom. The number of para-hydroxylation sites is 1. The van der Waals surface area contributed by atoms with Crippen LogP contribution in [0.2, 0.25) is 0 Å². The van der Waals surface area contributed by atoms with Crippen molar-refractivity contribution in [2.45, 2.75) is 0 Å². The molecule has 0 radical (unpaired) electrons. The van der Waals surface area contributed by atoms with Gasteiger partial charge in [0.2, 0.25) is 0 Å². The average molecular weight is 236 g/mol. The van der Waals surface area contributed by atoms with Crippen molar-refractivity contribution in [2.24, 2.45) is 0 Å². The Labute approximate surface area is 104 Å². The highest BCUT2D eigenvalue weighted by Crippen LogP contribution is 2.07. The summed E-state index contributed by atoms with van der Waals surface area (Å²) < 4.78 is 11.9. The molecule has 0 fully saturated rings. The Bertz CT molecular complexity index is 322. The van der Waals surface area contributed by atoms with Gasteiger partial charge in [0.05, 0.1) is 27.2 Å². The van der Waals surface area contributed by atoms with Crippen LogP contribution in [-0.4, -0.2) is 45.1 Å². The standard InChI is InChI=1S/C14H22NO2/c1-4-10-15(2,3)13-16-11-12-17-14-8-6-5-7-9-14/h4-9H,1,10-13H2,2-3H3/q+1. The fourth-order valence-electron chi connectivity index (χ4n) is 1.45. The van der Waals surface area contributed by atoms with E-state index in [4.69, 9.17) is 9.47 Å². The molecule has 3 nitrogen and oxygen atoms in total. The summed E-state index contributed by atoms with van der Waals surface area (Å²) >= 11 is 0. The number of likely N-dealkylation sites (N-methyl/N-ethyl adjacent to an activating group) is 1. The van der Waals surface area contributed by atoms with Crippen LogP contribution in [-0.2, 0) is 4.74 Å². The minimum Gasteiger partial charge on any atom is -0.491 e. The summed E-state index contributed by atoms with van der Waals surface area (Å²) in [7, 11) is 4.22. The molecule has 0 bridgehead atoms. The summed E-state index contributed by atoms with van der Waals surface area (Å²) in [5, 5.41) is 0. The Balaban J connectivity index is 2.11. The van der Waals surface area contributed by atoms with Crippen LogP contribution in [0.25, 0.3) is 0 Å². The Hall–Kier alpha value is -1.32. The van der Waals surface area contributed by atoms with Crippen molar-refractivity contribution in [3.05, 3.63) is 43.0 Å². The quantitative estimate of drug-likeness (QED) is 0.298.